The maximum Gasteiger partial charge on any atom is 0.319 e. The summed E-state index contributed by atoms with van der Waals surface area (Å²) in [5.41, 5.74) is 1.19. The molecule has 0 atom stereocenters. The van der Waals surface area contributed by atoms with E-state index in [-0.39, 0.29) is 0 Å². The minimum atomic E-state index is -0.402. The predicted octanol–water partition coefficient (Wildman–Crippen LogP) is 2.17. The van der Waals surface area contributed by atoms with E-state index in [9.17, 15) is 9.18 Å². The molecule has 3 aromatic rings. The van der Waals surface area contributed by atoms with Gasteiger partial charge in [-0.1, -0.05) is 6.07 Å². The number of hydrogen-bond acceptors (Lipinski definition) is 4. The molecule has 8 heteroatoms. The lowest BCUT2D eigenvalue weighted by atomic mass is 10.3. The monoisotopic (exact) mass is 326 g/mol. The molecular formula is C16H15FN6O. The minimum absolute atomic E-state index is 0.390. The highest BCUT2D eigenvalue weighted by Gasteiger charge is 2.04. The molecule has 24 heavy (non-hydrogen) atoms. The number of amides is 2. The summed E-state index contributed by atoms with van der Waals surface area (Å²) < 4.78 is 14.8. The van der Waals surface area contributed by atoms with Gasteiger partial charge in [-0.15, -0.1) is 0 Å². The molecule has 0 radical (unpaired) electrons. The minimum Gasteiger partial charge on any atom is -0.337 e. The van der Waals surface area contributed by atoms with Crippen LogP contribution in [0.1, 0.15) is 5.69 Å². The fraction of sp³-hybridized carbons (Fsp3) is 0.125. The highest BCUT2D eigenvalue weighted by Crippen LogP contribution is 2.08. The third kappa shape index (κ3) is 4.13. The Morgan fingerprint density at radius 2 is 2.17 bits per heavy atom. The Labute approximate surface area is 137 Å². The summed E-state index contributed by atoms with van der Waals surface area (Å²) in [6, 6.07) is 7.14. The Balaban J connectivity index is 1.51. The molecule has 122 valence electrons. The Kier molecular flexibility index (Phi) is 4.76. The van der Waals surface area contributed by atoms with Gasteiger partial charge in [0, 0.05) is 42.8 Å². The molecule has 3 rings (SSSR count). The number of hydrogen-bond donors (Lipinski definition) is 2. The van der Waals surface area contributed by atoms with Crippen molar-refractivity contribution >= 4 is 11.7 Å². The molecule has 0 unspecified atom stereocenters. The summed E-state index contributed by atoms with van der Waals surface area (Å²) in [7, 11) is 0. The Morgan fingerprint density at radius 3 is 2.96 bits per heavy atom. The van der Waals surface area contributed by atoms with Crippen LogP contribution in [0.15, 0.2) is 55.4 Å². The van der Waals surface area contributed by atoms with Crippen LogP contribution in [-0.4, -0.2) is 32.1 Å². The number of carbonyl (C=O) groups is 1. The molecule has 0 aliphatic carbocycles. The second kappa shape index (κ2) is 7.32. The number of rotatable bonds is 5. The van der Waals surface area contributed by atoms with Crippen LogP contribution in [-0.2, 0) is 6.42 Å². The lowest BCUT2D eigenvalue weighted by molar-refractivity contribution is 0.252. The third-order valence-corrected chi connectivity index (χ3v) is 3.23. The van der Waals surface area contributed by atoms with Crippen LogP contribution in [0.25, 0.3) is 5.82 Å². The fourth-order valence-corrected chi connectivity index (χ4v) is 2.10. The maximum atomic E-state index is 13.1. The molecule has 0 bridgehead atoms. The molecular weight excluding hydrogens is 311 g/mol. The van der Waals surface area contributed by atoms with Crippen molar-refractivity contribution in [3.8, 4) is 5.82 Å². The molecule has 2 heterocycles. The van der Waals surface area contributed by atoms with Gasteiger partial charge in [0.2, 0.25) is 0 Å². The molecule has 0 saturated heterocycles. The Hall–Kier alpha value is -3.29. The topological polar surface area (TPSA) is 84.7 Å². The first-order valence-corrected chi connectivity index (χ1v) is 7.30. The molecule has 7 nitrogen and oxygen atoms in total. The van der Waals surface area contributed by atoms with Crippen molar-refractivity contribution in [2.45, 2.75) is 6.42 Å². The van der Waals surface area contributed by atoms with E-state index in [0.717, 1.165) is 5.69 Å². The number of benzene rings is 1. The zero-order valence-corrected chi connectivity index (χ0v) is 12.7. The summed E-state index contributed by atoms with van der Waals surface area (Å²) in [5, 5.41) is 5.27. The van der Waals surface area contributed by atoms with Gasteiger partial charge in [-0.25, -0.2) is 24.1 Å². The van der Waals surface area contributed by atoms with Crippen molar-refractivity contribution in [3.63, 3.8) is 0 Å². The van der Waals surface area contributed by atoms with E-state index in [1.54, 1.807) is 29.4 Å². The molecule has 0 fully saturated rings. The number of aromatic nitrogens is 4. The summed E-state index contributed by atoms with van der Waals surface area (Å²) in [6.45, 7) is 0.390. The quantitative estimate of drug-likeness (QED) is 0.752. The first-order chi connectivity index (χ1) is 11.7. The summed E-state index contributed by atoms with van der Waals surface area (Å²) in [6.07, 6.45) is 7.12. The number of nitrogens with zero attached hydrogens (tertiary/aromatic N) is 4. The van der Waals surface area contributed by atoms with Crippen LogP contribution in [0.3, 0.4) is 0 Å². The Morgan fingerprint density at radius 1 is 1.25 bits per heavy atom. The molecule has 2 aromatic heterocycles. The zero-order chi connectivity index (χ0) is 16.8. The van der Waals surface area contributed by atoms with Gasteiger partial charge >= 0.3 is 6.03 Å². The van der Waals surface area contributed by atoms with E-state index in [0.29, 0.717) is 24.5 Å². The highest BCUT2D eigenvalue weighted by molar-refractivity contribution is 5.89. The van der Waals surface area contributed by atoms with Crippen LogP contribution < -0.4 is 10.6 Å². The van der Waals surface area contributed by atoms with E-state index >= 15 is 0 Å². The molecule has 0 aliphatic heterocycles. The average Bonchev–Trinajstić information content (AvgIpc) is 3.10. The molecule has 2 N–H and O–H groups in total. The second-order valence-corrected chi connectivity index (χ2v) is 4.98. The number of nitrogens with one attached hydrogen (secondary N) is 2. The molecule has 1 aromatic carbocycles. The highest BCUT2D eigenvalue weighted by atomic mass is 19.1. The van der Waals surface area contributed by atoms with Crippen LogP contribution in [0.4, 0.5) is 14.9 Å². The van der Waals surface area contributed by atoms with Crippen molar-refractivity contribution in [2.24, 2.45) is 0 Å². The van der Waals surface area contributed by atoms with E-state index in [4.69, 9.17) is 0 Å². The normalized spacial score (nSPS) is 10.4. The number of carbonyl (C=O) groups excluding carboxylic acids is 1. The van der Waals surface area contributed by atoms with Gasteiger partial charge < -0.3 is 10.6 Å². The number of anilines is 1. The van der Waals surface area contributed by atoms with E-state index < -0.39 is 11.8 Å². The Bertz CT molecular complexity index is 821. The first-order valence-electron chi connectivity index (χ1n) is 7.30. The maximum absolute atomic E-state index is 13.1. The molecule has 0 saturated carbocycles. The van der Waals surface area contributed by atoms with Crippen LogP contribution in [0.5, 0.6) is 0 Å². The molecule has 2 amide bonds. The van der Waals surface area contributed by atoms with Gasteiger partial charge in [0.05, 0.1) is 0 Å². The number of urea groups is 1. The lowest BCUT2D eigenvalue weighted by Crippen LogP contribution is -2.30. The first kappa shape index (κ1) is 15.6. The smallest absolute Gasteiger partial charge is 0.319 e. The summed E-state index contributed by atoms with van der Waals surface area (Å²) in [5.74, 6) is 0.308. The van der Waals surface area contributed by atoms with E-state index in [1.165, 1.54) is 24.5 Å². The van der Waals surface area contributed by atoms with Crippen molar-refractivity contribution in [1.29, 1.82) is 0 Å². The summed E-state index contributed by atoms with van der Waals surface area (Å²) >= 11 is 0. The summed E-state index contributed by atoms with van der Waals surface area (Å²) in [4.78, 5) is 24.1. The number of imidazole rings is 1. The van der Waals surface area contributed by atoms with Crippen molar-refractivity contribution < 1.29 is 9.18 Å². The van der Waals surface area contributed by atoms with Gasteiger partial charge in [-0.3, -0.25) is 4.57 Å². The van der Waals surface area contributed by atoms with Gasteiger partial charge in [-0.2, -0.15) is 0 Å². The van der Waals surface area contributed by atoms with Crippen molar-refractivity contribution in [1.82, 2.24) is 24.8 Å². The van der Waals surface area contributed by atoms with E-state index in [2.05, 4.69) is 25.6 Å². The molecule has 0 spiro atoms. The van der Waals surface area contributed by atoms with Crippen LogP contribution >= 0.6 is 0 Å². The van der Waals surface area contributed by atoms with Gasteiger partial charge in [-0.05, 0) is 18.2 Å². The second-order valence-electron chi connectivity index (χ2n) is 4.98. The molecule has 0 aliphatic rings. The largest absolute Gasteiger partial charge is 0.337 e. The number of halogens is 1. The lowest BCUT2D eigenvalue weighted by Gasteiger charge is -2.08. The zero-order valence-electron chi connectivity index (χ0n) is 12.7. The van der Waals surface area contributed by atoms with Gasteiger partial charge in [0.1, 0.15) is 24.3 Å². The van der Waals surface area contributed by atoms with Crippen LogP contribution in [0.2, 0.25) is 0 Å². The predicted molar refractivity (Wildman–Crippen MR) is 86.3 cm³/mol. The van der Waals surface area contributed by atoms with Gasteiger partial charge in [0.25, 0.3) is 0 Å². The van der Waals surface area contributed by atoms with Crippen molar-refractivity contribution in [3.05, 3.63) is 66.9 Å². The van der Waals surface area contributed by atoms with Crippen molar-refractivity contribution in [2.75, 3.05) is 11.9 Å². The van der Waals surface area contributed by atoms with E-state index in [1.807, 2.05) is 6.07 Å². The standard InChI is InChI=1S/C16H15FN6O/c17-12-2-1-3-14(8-12)22-16(24)19-5-4-13-9-15(21-10-20-13)23-7-6-18-11-23/h1-3,6-11H,4-5H2,(H2,19,22,24). The van der Waals surface area contributed by atoms with Gasteiger partial charge in [0.15, 0.2) is 0 Å². The third-order valence-electron chi connectivity index (χ3n) is 3.23. The fourth-order valence-electron chi connectivity index (χ4n) is 2.10. The van der Waals surface area contributed by atoms with Crippen LogP contribution in [0, 0.1) is 5.82 Å². The SMILES string of the molecule is O=C(NCCc1cc(-n2ccnc2)ncn1)Nc1cccc(F)c1. The average molecular weight is 326 g/mol.